The average Bonchev–Trinajstić information content (AvgIpc) is 3.21. The summed E-state index contributed by atoms with van der Waals surface area (Å²) >= 11 is 0. The third kappa shape index (κ3) is 4.76. The molecule has 0 spiro atoms. The second-order valence-corrected chi connectivity index (χ2v) is 9.14. The van der Waals surface area contributed by atoms with Crippen LogP contribution in [0.15, 0.2) is 53.4 Å². The summed E-state index contributed by atoms with van der Waals surface area (Å²) in [5, 5.41) is 8.68. The molecule has 1 saturated heterocycles. The van der Waals surface area contributed by atoms with Gasteiger partial charge in [0.25, 0.3) is 0 Å². The van der Waals surface area contributed by atoms with Crippen LogP contribution in [0.1, 0.15) is 37.8 Å². The lowest BCUT2D eigenvalue weighted by Gasteiger charge is -2.24. The number of likely N-dealkylation sites (tertiary alicyclic amines) is 1. The number of hydrogen-bond donors (Lipinski definition) is 1. The number of aliphatic carboxylic acids is 1. The Bertz CT molecular complexity index is 883. The van der Waals surface area contributed by atoms with Gasteiger partial charge in [-0.15, -0.1) is 0 Å². The van der Waals surface area contributed by atoms with E-state index in [1.807, 2.05) is 0 Å². The largest absolute Gasteiger partial charge is 0.481 e. The van der Waals surface area contributed by atoms with Gasteiger partial charge in [0.05, 0.1) is 17.1 Å². The number of carboxylic acids is 1. The molecule has 2 aromatic rings. The van der Waals surface area contributed by atoms with E-state index in [1.165, 1.54) is 18.4 Å². The van der Waals surface area contributed by atoms with Crippen molar-refractivity contribution in [2.24, 2.45) is 0 Å². The number of carbonyl (C=O) groups is 1. The van der Waals surface area contributed by atoms with Crippen molar-refractivity contribution in [1.29, 1.82) is 0 Å². The summed E-state index contributed by atoms with van der Waals surface area (Å²) < 4.78 is 24.3. The molecule has 1 aliphatic rings. The van der Waals surface area contributed by atoms with Crippen molar-refractivity contribution < 1.29 is 18.3 Å². The Morgan fingerprint density at radius 2 is 1.52 bits per heavy atom. The summed E-state index contributed by atoms with van der Waals surface area (Å²) in [6.45, 7) is 4.54. The molecule has 27 heavy (non-hydrogen) atoms. The zero-order valence-corrected chi connectivity index (χ0v) is 16.3. The van der Waals surface area contributed by atoms with Crippen LogP contribution >= 0.6 is 0 Å². The van der Waals surface area contributed by atoms with E-state index >= 15 is 0 Å². The van der Waals surface area contributed by atoms with Crippen molar-refractivity contribution in [3.05, 3.63) is 54.1 Å². The van der Waals surface area contributed by atoms with Gasteiger partial charge in [-0.25, -0.2) is 8.42 Å². The van der Waals surface area contributed by atoms with Crippen molar-refractivity contribution in [2.45, 2.75) is 37.1 Å². The van der Waals surface area contributed by atoms with E-state index < -0.39 is 15.8 Å². The molecule has 2 aromatic carbocycles. The van der Waals surface area contributed by atoms with Gasteiger partial charge in [-0.2, -0.15) is 0 Å². The van der Waals surface area contributed by atoms with Gasteiger partial charge in [-0.3, -0.25) is 9.69 Å². The van der Waals surface area contributed by atoms with Gasteiger partial charge < -0.3 is 5.11 Å². The van der Waals surface area contributed by atoms with E-state index in [9.17, 15) is 13.2 Å². The second kappa shape index (κ2) is 8.23. The molecule has 0 aliphatic carbocycles. The molecule has 0 aromatic heterocycles. The molecule has 1 N–H and O–H groups in total. The number of nitrogens with zero attached hydrogens (tertiary/aromatic N) is 1. The van der Waals surface area contributed by atoms with Crippen LogP contribution in [-0.2, 0) is 14.6 Å². The first-order valence-electron chi connectivity index (χ1n) is 9.26. The summed E-state index contributed by atoms with van der Waals surface area (Å²) in [6.07, 6.45) is 2.15. The van der Waals surface area contributed by atoms with Crippen LogP contribution in [0.25, 0.3) is 11.1 Å². The van der Waals surface area contributed by atoms with E-state index in [4.69, 9.17) is 5.11 Å². The Hall–Kier alpha value is -2.18. The fraction of sp³-hybridized carbons (Fsp3) is 0.381. The minimum atomic E-state index is -3.57. The van der Waals surface area contributed by atoms with Crippen LogP contribution in [0.5, 0.6) is 0 Å². The Morgan fingerprint density at radius 3 is 2.04 bits per heavy atom. The van der Waals surface area contributed by atoms with E-state index in [0.29, 0.717) is 6.04 Å². The summed E-state index contributed by atoms with van der Waals surface area (Å²) in [6, 6.07) is 15.4. The third-order valence-corrected chi connectivity index (χ3v) is 6.94. The molecular weight excluding hydrogens is 362 g/mol. The molecule has 5 nitrogen and oxygen atoms in total. The molecule has 1 atom stereocenters. The molecule has 0 bridgehead atoms. The summed E-state index contributed by atoms with van der Waals surface area (Å²) in [4.78, 5) is 13.3. The monoisotopic (exact) mass is 387 g/mol. The van der Waals surface area contributed by atoms with Crippen molar-refractivity contribution in [1.82, 2.24) is 4.90 Å². The van der Waals surface area contributed by atoms with Crippen molar-refractivity contribution in [3.8, 4) is 11.1 Å². The highest BCUT2D eigenvalue weighted by Crippen LogP contribution is 2.28. The maximum Gasteiger partial charge on any atom is 0.304 e. The van der Waals surface area contributed by atoms with E-state index in [1.54, 1.807) is 24.3 Å². The van der Waals surface area contributed by atoms with Gasteiger partial charge >= 0.3 is 5.97 Å². The molecule has 0 amide bonds. The summed E-state index contributed by atoms with van der Waals surface area (Å²) in [5.41, 5.74) is 3.25. The Labute approximate surface area is 160 Å². The van der Waals surface area contributed by atoms with Crippen LogP contribution in [0.4, 0.5) is 0 Å². The summed E-state index contributed by atoms with van der Waals surface area (Å²) in [7, 11) is -3.57. The standard InChI is InChI=1S/C21H25NO4S/c1-16(22-13-2-3-14-22)17-4-6-18(7-5-17)19-8-10-20(11-9-19)27(25,26)15-12-21(23)24/h4-11,16H,2-3,12-15H2,1H3,(H,23,24)/t16-/m1/s1. The van der Waals surface area contributed by atoms with Crippen molar-refractivity contribution >= 4 is 15.8 Å². The minimum absolute atomic E-state index is 0.159. The van der Waals surface area contributed by atoms with Crippen LogP contribution in [0.3, 0.4) is 0 Å². The normalized spacial score (nSPS) is 16.3. The Kier molecular flexibility index (Phi) is 5.97. The lowest BCUT2D eigenvalue weighted by atomic mass is 10.0. The predicted molar refractivity (Wildman–Crippen MR) is 105 cm³/mol. The van der Waals surface area contributed by atoms with Gasteiger partial charge in [0, 0.05) is 6.04 Å². The van der Waals surface area contributed by atoms with Gasteiger partial charge in [0.15, 0.2) is 9.84 Å². The molecule has 0 saturated carbocycles. The Balaban J connectivity index is 1.72. The van der Waals surface area contributed by atoms with E-state index in [2.05, 4.69) is 36.1 Å². The number of benzene rings is 2. The minimum Gasteiger partial charge on any atom is -0.481 e. The summed E-state index contributed by atoms with van der Waals surface area (Å²) in [5.74, 6) is -1.50. The van der Waals surface area contributed by atoms with Gasteiger partial charge in [-0.1, -0.05) is 36.4 Å². The lowest BCUT2D eigenvalue weighted by Crippen LogP contribution is -2.23. The van der Waals surface area contributed by atoms with Crippen LogP contribution in [-0.4, -0.2) is 43.2 Å². The molecule has 1 heterocycles. The van der Waals surface area contributed by atoms with Gasteiger partial charge in [-0.05, 0) is 61.7 Å². The first kappa shape index (κ1) is 19.6. The van der Waals surface area contributed by atoms with Crippen LogP contribution < -0.4 is 0 Å². The first-order chi connectivity index (χ1) is 12.9. The molecule has 0 unspecified atom stereocenters. The number of sulfone groups is 1. The number of rotatable bonds is 7. The molecule has 144 valence electrons. The first-order valence-corrected chi connectivity index (χ1v) is 10.9. The van der Waals surface area contributed by atoms with Crippen LogP contribution in [0.2, 0.25) is 0 Å². The predicted octanol–water partition coefficient (Wildman–Crippen LogP) is 3.76. The highest BCUT2D eigenvalue weighted by molar-refractivity contribution is 7.91. The van der Waals surface area contributed by atoms with E-state index in [0.717, 1.165) is 24.2 Å². The maximum absolute atomic E-state index is 12.2. The molecule has 1 fully saturated rings. The topological polar surface area (TPSA) is 74.7 Å². The van der Waals surface area contributed by atoms with Crippen molar-refractivity contribution in [3.63, 3.8) is 0 Å². The van der Waals surface area contributed by atoms with E-state index in [-0.39, 0.29) is 17.1 Å². The number of carboxylic acid groups (broad SMARTS) is 1. The third-order valence-electron chi connectivity index (χ3n) is 5.21. The van der Waals surface area contributed by atoms with Crippen molar-refractivity contribution in [2.75, 3.05) is 18.8 Å². The molecular formula is C21H25NO4S. The van der Waals surface area contributed by atoms with Crippen LogP contribution in [0, 0.1) is 0 Å². The average molecular weight is 388 g/mol. The smallest absolute Gasteiger partial charge is 0.304 e. The highest BCUT2D eigenvalue weighted by atomic mass is 32.2. The second-order valence-electron chi connectivity index (χ2n) is 7.03. The zero-order chi connectivity index (χ0) is 19.4. The SMILES string of the molecule is C[C@H](c1ccc(-c2ccc(S(=O)(=O)CCC(=O)O)cc2)cc1)N1CCCC1. The highest BCUT2D eigenvalue weighted by Gasteiger charge is 2.19. The fourth-order valence-corrected chi connectivity index (χ4v) is 4.72. The quantitative estimate of drug-likeness (QED) is 0.783. The Morgan fingerprint density at radius 1 is 1.00 bits per heavy atom. The van der Waals surface area contributed by atoms with Gasteiger partial charge in [0.2, 0.25) is 0 Å². The number of hydrogen-bond acceptors (Lipinski definition) is 4. The fourth-order valence-electron chi connectivity index (χ4n) is 3.49. The van der Waals surface area contributed by atoms with Gasteiger partial charge in [0.1, 0.15) is 0 Å². The lowest BCUT2D eigenvalue weighted by molar-refractivity contribution is -0.136. The molecule has 0 radical (unpaired) electrons. The maximum atomic E-state index is 12.2. The molecule has 3 rings (SSSR count). The molecule has 6 heteroatoms. The zero-order valence-electron chi connectivity index (χ0n) is 15.5. The molecule has 1 aliphatic heterocycles.